The number of carboxylic acids is 1. The standard InChI is InChI=1S/C5H2F3NO2S2/c6-5(7,8)2-1(3(10)11)13-4(12)9-2/h(H,9,12)(H,10,11). The van der Waals surface area contributed by atoms with E-state index in [-0.39, 0.29) is 3.95 Å². The molecule has 1 heterocycles. The maximum Gasteiger partial charge on any atom is 0.432 e. The third-order valence-corrected chi connectivity index (χ3v) is 2.35. The molecule has 72 valence electrons. The highest BCUT2D eigenvalue weighted by molar-refractivity contribution is 7.73. The number of hydrogen-bond acceptors (Lipinski definition) is 3. The van der Waals surface area contributed by atoms with Crippen LogP contribution in [-0.4, -0.2) is 16.1 Å². The van der Waals surface area contributed by atoms with E-state index in [1.807, 2.05) is 0 Å². The number of carbonyl (C=O) groups is 1. The van der Waals surface area contributed by atoms with Gasteiger partial charge in [-0.25, -0.2) is 4.79 Å². The van der Waals surface area contributed by atoms with Crippen LogP contribution in [0.15, 0.2) is 0 Å². The van der Waals surface area contributed by atoms with E-state index < -0.39 is 22.7 Å². The second-order valence-electron chi connectivity index (χ2n) is 2.02. The molecule has 1 rings (SSSR count). The third-order valence-electron chi connectivity index (χ3n) is 1.13. The Labute approximate surface area is 78.8 Å². The average molecular weight is 229 g/mol. The summed E-state index contributed by atoms with van der Waals surface area (Å²) in [6.07, 6.45) is -4.71. The van der Waals surface area contributed by atoms with E-state index in [1.165, 1.54) is 0 Å². The molecule has 8 heteroatoms. The molecule has 0 aliphatic rings. The minimum absolute atomic E-state index is 0.204. The van der Waals surface area contributed by atoms with Crippen molar-refractivity contribution in [3.8, 4) is 0 Å². The van der Waals surface area contributed by atoms with E-state index in [4.69, 9.17) is 5.11 Å². The van der Waals surface area contributed by atoms with Gasteiger partial charge < -0.3 is 10.1 Å². The second-order valence-corrected chi connectivity index (χ2v) is 3.71. The van der Waals surface area contributed by atoms with Gasteiger partial charge in [0.1, 0.15) is 10.6 Å². The van der Waals surface area contributed by atoms with Gasteiger partial charge in [0, 0.05) is 0 Å². The molecule has 0 fully saturated rings. The molecule has 0 bridgehead atoms. The van der Waals surface area contributed by atoms with E-state index in [0.29, 0.717) is 11.3 Å². The Bertz CT molecular complexity index is 391. The Morgan fingerprint density at radius 1 is 1.54 bits per heavy atom. The number of H-pyrrole nitrogens is 1. The first-order valence-electron chi connectivity index (χ1n) is 2.86. The molecule has 0 amide bonds. The van der Waals surface area contributed by atoms with Crippen LogP contribution in [0.1, 0.15) is 15.4 Å². The summed E-state index contributed by atoms with van der Waals surface area (Å²) in [6.45, 7) is 0. The van der Waals surface area contributed by atoms with Crippen molar-refractivity contribution >= 4 is 29.5 Å². The molecule has 3 nitrogen and oxygen atoms in total. The summed E-state index contributed by atoms with van der Waals surface area (Å²) in [7, 11) is 0. The van der Waals surface area contributed by atoms with Gasteiger partial charge in [-0.3, -0.25) is 0 Å². The number of aromatic amines is 1. The first-order chi connectivity index (χ1) is 5.82. The van der Waals surface area contributed by atoms with Gasteiger partial charge in [-0.1, -0.05) is 11.3 Å². The fraction of sp³-hybridized carbons (Fsp3) is 0.200. The number of rotatable bonds is 1. The summed E-state index contributed by atoms with van der Waals surface area (Å²) < 4.78 is 36.1. The van der Waals surface area contributed by atoms with E-state index in [2.05, 4.69) is 12.2 Å². The van der Waals surface area contributed by atoms with Crippen LogP contribution in [0.3, 0.4) is 0 Å². The number of aromatic carboxylic acids is 1. The molecule has 0 atom stereocenters. The zero-order valence-corrected chi connectivity index (χ0v) is 7.44. The highest BCUT2D eigenvalue weighted by Gasteiger charge is 2.37. The lowest BCUT2D eigenvalue weighted by Crippen LogP contribution is -2.11. The molecule has 0 aliphatic carbocycles. The lowest BCUT2D eigenvalue weighted by Gasteiger charge is -2.03. The van der Waals surface area contributed by atoms with Crippen LogP contribution in [-0.2, 0) is 6.18 Å². The molecule has 0 saturated carbocycles. The molecular formula is C5H2F3NO2S2. The molecule has 0 spiro atoms. The molecule has 0 aliphatic heterocycles. The molecular weight excluding hydrogens is 227 g/mol. The van der Waals surface area contributed by atoms with Crippen molar-refractivity contribution in [1.29, 1.82) is 0 Å². The van der Waals surface area contributed by atoms with Crippen LogP contribution < -0.4 is 0 Å². The van der Waals surface area contributed by atoms with Crippen LogP contribution in [0.4, 0.5) is 13.2 Å². The third kappa shape index (κ3) is 2.07. The predicted molar refractivity (Wildman–Crippen MR) is 41.5 cm³/mol. The molecule has 1 aromatic heterocycles. The van der Waals surface area contributed by atoms with Gasteiger partial charge >= 0.3 is 12.1 Å². The highest BCUT2D eigenvalue weighted by Crippen LogP contribution is 2.33. The van der Waals surface area contributed by atoms with Crippen LogP contribution in [0, 0.1) is 3.95 Å². The largest absolute Gasteiger partial charge is 0.477 e. The Kier molecular flexibility index (Phi) is 2.44. The predicted octanol–water partition coefficient (Wildman–Crippen LogP) is 2.52. The number of hydrogen-bond donors (Lipinski definition) is 2. The number of alkyl halides is 3. The minimum Gasteiger partial charge on any atom is -0.477 e. The Morgan fingerprint density at radius 3 is 2.38 bits per heavy atom. The van der Waals surface area contributed by atoms with Crippen molar-refractivity contribution in [3.63, 3.8) is 0 Å². The van der Waals surface area contributed by atoms with Gasteiger partial charge in [0.05, 0.1) is 0 Å². The number of thiazole rings is 1. The number of halogens is 3. The molecule has 1 aromatic rings. The van der Waals surface area contributed by atoms with Gasteiger partial charge in [0.15, 0.2) is 3.95 Å². The molecule has 13 heavy (non-hydrogen) atoms. The summed E-state index contributed by atoms with van der Waals surface area (Å²) in [4.78, 5) is 11.3. The van der Waals surface area contributed by atoms with E-state index in [9.17, 15) is 18.0 Å². The lowest BCUT2D eigenvalue weighted by molar-refractivity contribution is -0.141. The Morgan fingerprint density at radius 2 is 2.08 bits per heavy atom. The Balaban J connectivity index is 3.36. The fourth-order valence-electron chi connectivity index (χ4n) is 0.678. The number of nitrogens with one attached hydrogen (secondary N) is 1. The maximum atomic E-state index is 12.1. The zero-order valence-electron chi connectivity index (χ0n) is 5.81. The monoisotopic (exact) mass is 229 g/mol. The number of aromatic nitrogens is 1. The summed E-state index contributed by atoms with van der Waals surface area (Å²) in [5.41, 5.74) is -1.30. The molecule has 0 aromatic carbocycles. The zero-order chi connectivity index (χ0) is 10.2. The van der Waals surface area contributed by atoms with E-state index >= 15 is 0 Å². The average Bonchev–Trinajstić information content (AvgIpc) is 2.29. The summed E-state index contributed by atoms with van der Waals surface area (Å²) >= 11 is 4.80. The Hall–Kier alpha value is -0.890. The van der Waals surface area contributed by atoms with Crippen LogP contribution in [0.5, 0.6) is 0 Å². The summed E-state index contributed by atoms with van der Waals surface area (Å²) in [6, 6.07) is 0. The molecule has 2 N–H and O–H groups in total. The maximum absolute atomic E-state index is 12.1. The van der Waals surface area contributed by atoms with Crippen LogP contribution in [0.25, 0.3) is 0 Å². The lowest BCUT2D eigenvalue weighted by atomic mass is 10.3. The van der Waals surface area contributed by atoms with E-state index in [1.54, 1.807) is 4.98 Å². The van der Waals surface area contributed by atoms with Crippen molar-refractivity contribution in [2.45, 2.75) is 6.18 Å². The molecule has 0 radical (unpaired) electrons. The van der Waals surface area contributed by atoms with Crippen molar-refractivity contribution < 1.29 is 23.1 Å². The van der Waals surface area contributed by atoms with Crippen molar-refractivity contribution in [1.82, 2.24) is 4.98 Å². The fourth-order valence-corrected chi connectivity index (χ4v) is 1.72. The van der Waals surface area contributed by atoms with Crippen molar-refractivity contribution in [2.24, 2.45) is 0 Å². The summed E-state index contributed by atoms with van der Waals surface area (Å²) in [5, 5.41) is 8.39. The topological polar surface area (TPSA) is 53.1 Å². The normalized spacial score (nSPS) is 11.6. The van der Waals surface area contributed by atoms with Gasteiger partial charge in [0.2, 0.25) is 0 Å². The van der Waals surface area contributed by atoms with Gasteiger partial charge in [0.25, 0.3) is 0 Å². The van der Waals surface area contributed by atoms with E-state index in [0.717, 1.165) is 0 Å². The molecule has 0 unspecified atom stereocenters. The minimum atomic E-state index is -4.71. The van der Waals surface area contributed by atoms with Gasteiger partial charge in [-0.15, -0.1) is 0 Å². The summed E-state index contributed by atoms with van der Waals surface area (Å²) in [5.74, 6) is -1.63. The second kappa shape index (κ2) is 3.11. The van der Waals surface area contributed by atoms with Gasteiger partial charge in [-0.2, -0.15) is 13.2 Å². The first kappa shape index (κ1) is 10.2. The number of carboxylic acid groups (broad SMARTS) is 1. The van der Waals surface area contributed by atoms with Crippen LogP contribution >= 0.6 is 23.6 Å². The van der Waals surface area contributed by atoms with Crippen molar-refractivity contribution in [2.75, 3.05) is 0 Å². The molecule has 0 saturated heterocycles. The highest BCUT2D eigenvalue weighted by atomic mass is 32.1. The van der Waals surface area contributed by atoms with Crippen molar-refractivity contribution in [3.05, 3.63) is 14.5 Å². The van der Waals surface area contributed by atoms with Crippen LogP contribution in [0.2, 0.25) is 0 Å². The smallest absolute Gasteiger partial charge is 0.432 e. The quantitative estimate of drug-likeness (QED) is 0.727. The first-order valence-corrected chi connectivity index (χ1v) is 4.08. The van der Waals surface area contributed by atoms with Gasteiger partial charge in [-0.05, 0) is 12.2 Å². The SMILES string of the molecule is O=C(O)c1sc(=S)[nH]c1C(F)(F)F.